The number of rotatable bonds is 3. The fourth-order valence-corrected chi connectivity index (χ4v) is 3.32. The largest absolute Gasteiger partial charge is 0.449 e. The van der Waals surface area contributed by atoms with Gasteiger partial charge < -0.3 is 19.3 Å². The van der Waals surface area contributed by atoms with Gasteiger partial charge >= 0.3 is 5.97 Å². The van der Waals surface area contributed by atoms with Gasteiger partial charge in [-0.3, -0.25) is 4.79 Å². The van der Waals surface area contributed by atoms with Crippen LogP contribution in [0.15, 0.2) is 12.7 Å². The number of hydrogen-bond donors (Lipinski definition) is 1. The highest BCUT2D eigenvalue weighted by molar-refractivity contribution is 6.14. The third-order valence-corrected chi connectivity index (χ3v) is 4.51. The standard InChI is InChI=1S/C15H20O6/c1-2-6-15(18)12(16)11(20-13(15)17)10-9-19-14(21-10)7-4-3-5-8-14/h2,10-11,18H,1,3-9H2/t10-,11+,15-/m0/s1. The molecule has 3 fully saturated rings. The number of ketones is 1. The topological polar surface area (TPSA) is 82.1 Å². The molecule has 0 radical (unpaired) electrons. The molecule has 21 heavy (non-hydrogen) atoms. The van der Waals surface area contributed by atoms with Crippen LogP contribution in [-0.4, -0.2) is 47.1 Å². The van der Waals surface area contributed by atoms with Crippen molar-refractivity contribution in [1.82, 2.24) is 0 Å². The number of hydrogen-bond acceptors (Lipinski definition) is 6. The molecule has 3 rings (SSSR count). The van der Waals surface area contributed by atoms with Crippen LogP contribution in [0.25, 0.3) is 0 Å². The third-order valence-electron chi connectivity index (χ3n) is 4.51. The highest BCUT2D eigenvalue weighted by Crippen LogP contribution is 2.40. The molecule has 6 heteroatoms. The van der Waals surface area contributed by atoms with Crippen LogP contribution >= 0.6 is 0 Å². The van der Waals surface area contributed by atoms with E-state index in [4.69, 9.17) is 14.2 Å². The summed E-state index contributed by atoms with van der Waals surface area (Å²) >= 11 is 0. The van der Waals surface area contributed by atoms with Gasteiger partial charge in [0, 0.05) is 19.3 Å². The van der Waals surface area contributed by atoms with Gasteiger partial charge in [-0.05, 0) is 12.8 Å². The van der Waals surface area contributed by atoms with Crippen molar-refractivity contribution in [3.63, 3.8) is 0 Å². The van der Waals surface area contributed by atoms with Gasteiger partial charge in [-0.1, -0.05) is 12.5 Å². The summed E-state index contributed by atoms with van der Waals surface area (Å²) in [5.74, 6) is -2.23. The normalized spacial score (nSPS) is 38.7. The Hall–Kier alpha value is -1.24. The second-order valence-electron chi connectivity index (χ2n) is 5.98. The fourth-order valence-electron chi connectivity index (χ4n) is 3.32. The molecule has 0 bridgehead atoms. The third kappa shape index (κ3) is 2.31. The van der Waals surface area contributed by atoms with Gasteiger partial charge in [-0.15, -0.1) is 6.58 Å². The van der Waals surface area contributed by atoms with Crippen molar-refractivity contribution in [2.45, 2.75) is 62.1 Å². The molecule has 0 aromatic heterocycles. The zero-order valence-electron chi connectivity index (χ0n) is 11.9. The van der Waals surface area contributed by atoms with E-state index in [9.17, 15) is 14.7 Å². The molecule has 0 unspecified atom stereocenters. The summed E-state index contributed by atoms with van der Waals surface area (Å²) in [6.45, 7) is 3.66. The van der Waals surface area contributed by atoms with Crippen molar-refractivity contribution in [1.29, 1.82) is 0 Å². The average Bonchev–Trinajstić information content (AvgIpc) is 2.96. The van der Waals surface area contributed by atoms with E-state index in [1.54, 1.807) is 0 Å². The lowest BCUT2D eigenvalue weighted by atomic mass is 9.92. The Balaban J connectivity index is 1.73. The Morgan fingerprint density at radius 3 is 2.67 bits per heavy atom. The molecule has 6 nitrogen and oxygen atoms in total. The average molecular weight is 296 g/mol. The summed E-state index contributed by atoms with van der Waals surface area (Å²) in [6.07, 6.45) is 4.20. The van der Waals surface area contributed by atoms with Crippen LogP contribution < -0.4 is 0 Å². The van der Waals surface area contributed by atoms with Gasteiger partial charge in [0.2, 0.25) is 11.4 Å². The Morgan fingerprint density at radius 1 is 1.29 bits per heavy atom. The van der Waals surface area contributed by atoms with Crippen molar-refractivity contribution in [3.05, 3.63) is 12.7 Å². The molecule has 2 aliphatic heterocycles. The van der Waals surface area contributed by atoms with Crippen molar-refractivity contribution < 1.29 is 28.9 Å². The molecule has 2 heterocycles. The minimum atomic E-state index is -2.13. The number of esters is 1. The molecule has 2 saturated heterocycles. The zero-order valence-corrected chi connectivity index (χ0v) is 11.9. The summed E-state index contributed by atoms with van der Waals surface area (Å²) in [6, 6.07) is 0. The minimum absolute atomic E-state index is 0.153. The van der Waals surface area contributed by atoms with Gasteiger partial charge in [0.1, 0.15) is 6.10 Å². The predicted octanol–water partition coefficient (Wildman–Crippen LogP) is 0.864. The molecule has 1 aliphatic carbocycles. The Labute approximate surface area is 123 Å². The quantitative estimate of drug-likeness (QED) is 0.472. The lowest BCUT2D eigenvalue weighted by Crippen LogP contribution is -2.45. The Bertz CT molecular complexity index is 467. The molecule has 0 aromatic carbocycles. The van der Waals surface area contributed by atoms with E-state index in [1.165, 1.54) is 6.08 Å². The molecule has 116 valence electrons. The highest BCUT2D eigenvalue weighted by atomic mass is 16.8. The fraction of sp³-hybridized carbons (Fsp3) is 0.733. The Kier molecular flexibility index (Phi) is 3.63. The second-order valence-corrected chi connectivity index (χ2v) is 5.98. The first-order valence-electron chi connectivity index (χ1n) is 7.41. The van der Waals surface area contributed by atoms with Gasteiger partial charge in [0.25, 0.3) is 0 Å². The molecule has 1 spiro atoms. The number of Topliss-reactive ketones (excluding diaryl/α,β-unsaturated/α-hetero) is 1. The van der Waals surface area contributed by atoms with E-state index in [0.717, 1.165) is 32.1 Å². The lowest BCUT2D eigenvalue weighted by molar-refractivity contribution is -0.197. The van der Waals surface area contributed by atoms with E-state index >= 15 is 0 Å². The van der Waals surface area contributed by atoms with E-state index in [2.05, 4.69) is 6.58 Å². The van der Waals surface area contributed by atoms with Crippen molar-refractivity contribution in [2.24, 2.45) is 0 Å². The molecule has 3 atom stereocenters. The Morgan fingerprint density at radius 2 is 2.00 bits per heavy atom. The van der Waals surface area contributed by atoms with Crippen molar-refractivity contribution >= 4 is 11.8 Å². The van der Waals surface area contributed by atoms with Gasteiger partial charge in [0.05, 0.1) is 6.61 Å². The SMILES string of the molecule is C=CC[C@@]1(O)C(=O)O[C@H]([C@@H]2COC3(CCCCC3)O2)C1=O. The number of aliphatic hydroxyl groups is 1. The van der Waals surface area contributed by atoms with E-state index < -0.39 is 35.3 Å². The summed E-state index contributed by atoms with van der Waals surface area (Å²) in [7, 11) is 0. The first kappa shape index (κ1) is 14.7. The maximum atomic E-state index is 12.3. The van der Waals surface area contributed by atoms with E-state index in [0.29, 0.717) is 0 Å². The first-order chi connectivity index (χ1) is 10.0. The van der Waals surface area contributed by atoms with Crippen molar-refractivity contribution in [3.8, 4) is 0 Å². The second kappa shape index (κ2) is 5.19. The summed E-state index contributed by atoms with van der Waals surface area (Å²) in [5, 5.41) is 10.2. The maximum Gasteiger partial charge on any atom is 0.347 e. The van der Waals surface area contributed by atoms with Gasteiger partial charge in [-0.2, -0.15) is 0 Å². The number of ether oxygens (including phenoxy) is 3. The van der Waals surface area contributed by atoms with Gasteiger partial charge in [0.15, 0.2) is 11.9 Å². The van der Waals surface area contributed by atoms with Gasteiger partial charge in [-0.25, -0.2) is 4.79 Å². The van der Waals surface area contributed by atoms with Crippen LogP contribution in [0.3, 0.4) is 0 Å². The molecule has 0 amide bonds. The van der Waals surface area contributed by atoms with Crippen molar-refractivity contribution in [2.75, 3.05) is 6.61 Å². The number of carbonyl (C=O) groups is 2. The molecule has 0 aromatic rings. The van der Waals surface area contributed by atoms with E-state index in [1.807, 2.05) is 0 Å². The first-order valence-corrected chi connectivity index (χ1v) is 7.41. The van der Waals surface area contributed by atoms with Crippen LogP contribution in [0.4, 0.5) is 0 Å². The molecular weight excluding hydrogens is 276 g/mol. The molecule has 1 saturated carbocycles. The summed E-state index contributed by atoms with van der Waals surface area (Å²) in [4.78, 5) is 24.1. The van der Waals surface area contributed by atoms with Crippen LogP contribution in [0.1, 0.15) is 38.5 Å². The monoisotopic (exact) mass is 296 g/mol. The molecule has 1 N–H and O–H groups in total. The number of carbonyl (C=O) groups excluding carboxylic acids is 2. The van der Waals surface area contributed by atoms with Crippen LogP contribution in [-0.2, 0) is 23.8 Å². The van der Waals surface area contributed by atoms with Crippen LogP contribution in [0.2, 0.25) is 0 Å². The van der Waals surface area contributed by atoms with Crippen LogP contribution in [0, 0.1) is 0 Å². The smallest absolute Gasteiger partial charge is 0.347 e. The predicted molar refractivity (Wildman–Crippen MR) is 71.3 cm³/mol. The summed E-state index contributed by atoms with van der Waals surface area (Å²) in [5.41, 5.74) is -2.13. The minimum Gasteiger partial charge on any atom is -0.449 e. The molecule has 3 aliphatic rings. The van der Waals surface area contributed by atoms with E-state index in [-0.39, 0.29) is 13.0 Å². The lowest BCUT2D eigenvalue weighted by Gasteiger charge is -2.32. The zero-order chi connectivity index (χ0) is 15.1. The van der Waals surface area contributed by atoms with Crippen LogP contribution in [0.5, 0.6) is 0 Å². The maximum absolute atomic E-state index is 12.3. The molecular formula is C15H20O6. The number of cyclic esters (lactones) is 1. The highest BCUT2D eigenvalue weighted by Gasteiger charge is 2.60. The summed E-state index contributed by atoms with van der Waals surface area (Å²) < 4.78 is 16.7.